The van der Waals surface area contributed by atoms with Crippen molar-refractivity contribution in [2.75, 3.05) is 7.11 Å². The molecule has 100 valence electrons. The van der Waals surface area contributed by atoms with E-state index in [0.717, 1.165) is 16.5 Å². The fourth-order valence-electron chi connectivity index (χ4n) is 1.95. The molecule has 0 fully saturated rings. The van der Waals surface area contributed by atoms with Gasteiger partial charge >= 0.3 is 5.97 Å². The zero-order valence-corrected chi connectivity index (χ0v) is 11.2. The lowest BCUT2D eigenvalue weighted by atomic mass is 10.0. The first-order valence-electron chi connectivity index (χ1n) is 5.50. The summed E-state index contributed by atoms with van der Waals surface area (Å²) in [5.74, 6) is -0.444. The van der Waals surface area contributed by atoms with Gasteiger partial charge in [0.05, 0.1) is 18.2 Å². The molecule has 0 bridgehead atoms. The molecule has 0 aliphatic carbocycles. The number of H-pyrrole nitrogens is 1. The van der Waals surface area contributed by atoms with E-state index in [4.69, 9.17) is 11.0 Å². The van der Waals surface area contributed by atoms with Crippen LogP contribution in [0, 0.1) is 11.3 Å². The molecule has 3 N–H and O–H groups in total. The van der Waals surface area contributed by atoms with Crippen molar-refractivity contribution in [1.29, 1.82) is 5.26 Å². The molecule has 0 aliphatic heterocycles. The SMILES string of the molecule is COC(=O)C(N)Cc1c[nH]c2c(C#N)cccc12.Cl. The summed E-state index contributed by atoms with van der Waals surface area (Å²) in [6.45, 7) is 0. The van der Waals surface area contributed by atoms with Gasteiger partial charge in [-0.2, -0.15) is 5.26 Å². The van der Waals surface area contributed by atoms with Crippen LogP contribution in [0.15, 0.2) is 24.4 Å². The first kappa shape index (κ1) is 15.0. The fraction of sp³-hybridized carbons (Fsp3) is 0.231. The molecule has 1 aromatic heterocycles. The maximum Gasteiger partial charge on any atom is 0.322 e. The van der Waals surface area contributed by atoms with E-state index >= 15 is 0 Å². The molecular weight excluding hydrogens is 266 g/mol. The predicted octanol–water partition coefficient (Wildman–Crippen LogP) is 1.50. The average molecular weight is 280 g/mol. The Labute approximate surface area is 116 Å². The van der Waals surface area contributed by atoms with Crippen molar-refractivity contribution in [2.45, 2.75) is 12.5 Å². The molecule has 1 atom stereocenters. The van der Waals surface area contributed by atoms with E-state index in [9.17, 15) is 4.79 Å². The Hall–Kier alpha value is -2.03. The molecule has 6 heteroatoms. The van der Waals surface area contributed by atoms with Crippen LogP contribution in [-0.4, -0.2) is 24.1 Å². The Morgan fingerprint density at radius 1 is 1.58 bits per heavy atom. The first-order valence-corrected chi connectivity index (χ1v) is 5.50. The summed E-state index contributed by atoms with van der Waals surface area (Å²) in [6, 6.07) is 6.86. The zero-order valence-electron chi connectivity index (χ0n) is 10.3. The summed E-state index contributed by atoms with van der Waals surface area (Å²) in [7, 11) is 1.31. The third-order valence-electron chi connectivity index (χ3n) is 2.87. The number of hydrogen-bond acceptors (Lipinski definition) is 4. The van der Waals surface area contributed by atoms with Gasteiger partial charge in [0.2, 0.25) is 0 Å². The van der Waals surface area contributed by atoms with E-state index in [1.165, 1.54) is 7.11 Å². The number of fused-ring (bicyclic) bond motifs is 1. The molecule has 0 amide bonds. The Morgan fingerprint density at radius 3 is 2.95 bits per heavy atom. The molecule has 1 unspecified atom stereocenters. The number of nitriles is 1. The van der Waals surface area contributed by atoms with Gasteiger partial charge in [0.15, 0.2) is 0 Å². The number of nitrogens with zero attached hydrogens (tertiary/aromatic N) is 1. The number of carbonyl (C=O) groups is 1. The van der Waals surface area contributed by atoms with Crippen LogP contribution in [-0.2, 0) is 16.0 Å². The Balaban J connectivity index is 0.00000180. The van der Waals surface area contributed by atoms with Gasteiger partial charge in [-0.1, -0.05) is 12.1 Å². The van der Waals surface area contributed by atoms with Gasteiger partial charge in [0.1, 0.15) is 12.1 Å². The summed E-state index contributed by atoms with van der Waals surface area (Å²) in [5, 5.41) is 9.89. The quantitative estimate of drug-likeness (QED) is 0.833. The molecular formula is C13H14ClN3O2. The third kappa shape index (κ3) is 2.87. The van der Waals surface area contributed by atoms with Crippen molar-refractivity contribution in [2.24, 2.45) is 5.73 Å². The highest BCUT2D eigenvalue weighted by atomic mass is 35.5. The Bertz CT molecular complexity index is 630. The number of rotatable bonds is 3. The molecule has 0 saturated carbocycles. The largest absolute Gasteiger partial charge is 0.468 e. The minimum Gasteiger partial charge on any atom is -0.468 e. The number of ether oxygens (including phenoxy) is 1. The molecule has 1 heterocycles. The van der Waals surface area contributed by atoms with Crippen molar-refractivity contribution in [1.82, 2.24) is 4.98 Å². The van der Waals surface area contributed by atoms with Crippen LogP contribution in [0.4, 0.5) is 0 Å². The molecule has 2 rings (SSSR count). The standard InChI is InChI=1S/C13H13N3O2.ClH/c1-18-13(17)11(15)5-9-7-16-12-8(6-14)3-2-4-10(9)12;/h2-4,7,11,16H,5,15H2,1H3;1H. The summed E-state index contributed by atoms with van der Waals surface area (Å²) in [5.41, 5.74) is 7.97. The molecule has 0 spiro atoms. The molecule has 0 aliphatic rings. The number of benzene rings is 1. The molecule has 5 nitrogen and oxygen atoms in total. The molecule has 1 aromatic carbocycles. The maximum absolute atomic E-state index is 11.3. The van der Waals surface area contributed by atoms with Crippen LogP contribution in [0.25, 0.3) is 10.9 Å². The topological polar surface area (TPSA) is 91.9 Å². The van der Waals surface area contributed by atoms with E-state index in [1.54, 1.807) is 12.3 Å². The number of nitrogens with one attached hydrogen (secondary N) is 1. The second-order valence-electron chi connectivity index (χ2n) is 3.99. The summed E-state index contributed by atoms with van der Waals surface area (Å²) >= 11 is 0. The average Bonchev–Trinajstić information content (AvgIpc) is 2.81. The summed E-state index contributed by atoms with van der Waals surface area (Å²) in [6.07, 6.45) is 2.15. The van der Waals surface area contributed by atoms with E-state index in [-0.39, 0.29) is 12.4 Å². The van der Waals surface area contributed by atoms with Crippen molar-refractivity contribution < 1.29 is 9.53 Å². The maximum atomic E-state index is 11.3. The lowest BCUT2D eigenvalue weighted by Crippen LogP contribution is -2.33. The normalized spacial score (nSPS) is 11.4. The van der Waals surface area contributed by atoms with Crippen molar-refractivity contribution >= 4 is 29.3 Å². The third-order valence-corrected chi connectivity index (χ3v) is 2.87. The zero-order chi connectivity index (χ0) is 13.1. The van der Waals surface area contributed by atoms with Crippen LogP contribution in [0.1, 0.15) is 11.1 Å². The minimum absolute atomic E-state index is 0. The molecule has 19 heavy (non-hydrogen) atoms. The number of hydrogen-bond donors (Lipinski definition) is 2. The summed E-state index contributed by atoms with van der Waals surface area (Å²) in [4.78, 5) is 14.3. The second kappa shape index (κ2) is 6.23. The van der Waals surface area contributed by atoms with Crippen molar-refractivity contribution in [3.8, 4) is 6.07 Å². The van der Waals surface area contributed by atoms with Crippen molar-refractivity contribution in [3.05, 3.63) is 35.5 Å². The van der Waals surface area contributed by atoms with Crippen LogP contribution in [0.3, 0.4) is 0 Å². The first-order chi connectivity index (χ1) is 8.67. The van der Waals surface area contributed by atoms with Crippen LogP contribution >= 0.6 is 12.4 Å². The van der Waals surface area contributed by atoms with Gasteiger partial charge in [-0.3, -0.25) is 4.79 Å². The van der Waals surface area contributed by atoms with E-state index < -0.39 is 12.0 Å². The smallest absolute Gasteiger partial charge is 0.322 e. The van der Waals surface area contributed by atoms with Gasteiger partial charge in [-0.25, -0.2) is 0 Å². The Kier molecular flexibility index (Phi) is 4.93. The number of halogens is 1. The second-order valence-corrected chi connectivity index (χ2v) is 3.99. The number of esters is 1. The van der Waals surface area contributed by atoms with Crippen LogP contribution in [0.5, 0.6) is 0 Å². The number of carbonyl (C=O) groups excluding carboxylic acids is 1. The number of aromatic nitrogens is 1. The van der Waals surface area contributed by atoms with Crippen molar-refractivity contribution in [3.63, 3.8) is 0 Å². The lowest BCUT2D eigenvalue weighted by molar-refractivity contribution is -0.142. The van der Waals surface area contributed by atoms with Gasteiger partial charge < -0.3 is 15.5 Å². The van der Waals surface area contributed by atoms with E-state index in [2.05, 4.69) is 15.8 Å². The van der Waals surface area contributed by atoms with Gasteiger partial charge in [-0.15, -0.1) is 12.4 Å². The Morgan fingerprint density at radius 2 is 2.32 bits per heavy atom. The van der Waals surface area contributed by atoms with E-state index in [1.807, 2.05) is 12.1 Å². The highest BCUT2D eigenvalue weighted by molar-refractivity contribution is 5.88. The predicted molar refractivity (Wildman–Crippen MR) is 74.0 cm³/mol. The number of aromatic amines is 1. The summed E-state index contributed by atoms with van der Waals surface area (Å²) < 4.78 is 4.59. The van der Waals surface area contributed by atoms with Gasteiger partial charge in [-0.05, 0) is 11.6 Å². The monoisotopic (exact) mass is 279 g/mol. The molecule has 0 saturated heterocycles. The lowest BCUT2D eigenvalue weighted by Gasteiger charge is -2.07. The van der Waals surface area contributed by atoms with Gasteiger partial charge in [0.25, 0.3) is 0 Å². The molecule has 2 aromatic rings. The minimum atomic E-state index is -0.695. The number of methoxy groups -OCH3 is 1. The van der Waals surface area contributed by atoms with Gasteiger partial charge in [0, 0.05) is 18.0 Å². The molecule has 0 radical (unpaired) electrons. The van der Waals surface area contributed by atoms with Crippen LogP contribution in [0.2, 0.25) is 0 Å². The number of para-hydroxylation sites is 1. The highest BCUT2D eigenvalue weighted by Gasteiger charge is 2.17. The fourth-order valence-corrected chi connectivity index (χ4v) is 1.95. The van der Waals surface area contributed by atoms with E-state index in [0.29, 0.717) is 12.0 Å². The number of nitrogens with two attached hydrogens (primary N) is 1. The highest BCUT2D eigenvalue weighted by Crippen LogP contribution is 2.22. The van der Waals surface area contributed by atoms with Crippen LogP contribution < -0.4 is 5.73 Å².